The Kier molecular flexibility index (Phi) is 6.15. The van der Waals surface area contributed by atoms with E-state index in [1.807, 2.05) is 6.92 Å². The molecule has 0 saturated carbocycles. The maximum atomic E-state index is 11.9. The quantitative estimate of drug-likeness (QED) is 0.808. The smallest absolute Gasteiger partial charge is 0.263 e. The molecule has 0 atom stereocenters. The van der Waals surface area contributed by atoms with Crippen LogP contribution in [0.1, 0.15) is 36.1 Å². The van der Waals surface area contributed by atoms with E-state index in [2.05, 4.69) is 29.0 Å². The van der Waals surface area contributed by atoms with E-state index in [0.717, 1.165) is 36.6 Å². The first-order valence-electron chi connectivity index (χ1n) is 6.15. The lowest BCUT2D eigenvalue weighted by atomic mass is 10.3. The van der Waals surface area contributed by atoms with Crippen LogP contribution in [0.4, 0.5) is 0 Å². The lowest BCUT2D eigenvalue weighted by molar-refractivity contribution is 0.0952. The number of carbonyl (C=O) groups is 1. The topological polar surface area (TPSA) is 45.2 Å². The zero-order valence-corrected chi connectivity index (χ0v) is 11.6. The van der Waals surface area contributed by atoms with Crippen molar-refractivity contribution >= 4 is 17.2 Å². The number of carbonyl (C=O) groups excluding carboxylic acids is 1. The number of aryl methyl sites for hydroxylation is 1. The van der Waals surface area contributed by atoms with Gasteiger partial charge in [0.25, 0.3) is 5.91 Å². The first kappa shape index (κ1) is 14.1. The number of aromatic nitrogens is 1. The fourth-order valence-electron chi connectivity index (χ4n) is 1.65. The molecule has 0 aliphatic heterocycles. The van der Waals surface area contributed by atoms with Crippen molar-refractivity contribution in [2.75, 3.05) is 26.2 Å². The summed E-state index contributed by atoms with van der Waals surface area (Å²) in [5, 5.41) is 2.95. The summed E-state index contributed by atoms with van der Waals surface area (Å²) in [5.74, 6) is 0.0107. The van der Waals surface area contributed by atoms with E-state index in [0.29, 0.717) is 6.54 Å². The highest BCUT2D eigenvalue weighted by Gasteiger charge is 2.12. The lowest BCUT2D eigenvalue weighted by Crippen LogP contribution is -2.34. The molecule has 17 heavy (non-hydrogen) atoms. The van der Waals surface area contributed by atoms with Gasteiger partial charge in [0.05, 0.1) is 11.2 Å². The molecule has 0 aromatic carbocycles. The summed E-state index contributed by atoms with van der Waals surface area (Å²) in [6.45, 7) is 9.91. The number of rotatable bonds is 7. The molecule has 0 spiro atoms. The van der Waals surface area contributed by atoms with Crippen LogP contribution in [0, 0.1) is 0 Å². The number of nitrogens with zero attached hydrogens (tertiary/aromatic N) is 2. The molecule has 1 heterocycles. The standard InChI is InChI=1S/C12H21N3OS/c1-4-10-11(17-9-14-10)12(16)13-7-8-15(5-2)6-3/h9H,4-8H2,1-3H3,(H,13,16). The summed E-state index contributed by atoms with van der Waals surface area (Å²) in [7, 11) is 0. The van der Waals surface area contributed by atoms with Crippen molar-refractivity contribution < 1.29 is 4.79 Å². The van der Waals surface area contributed by atoms with Crippen LogP contribution in [0.25, 0.3) is 0 Å². The highest BCUT2D eigenvalue weighted by molar-refractivity contribution is 7.11. The molecule has 1 rings (SSSR count). The predicted octanol–water partition coefficient (Wildman–Crippen LogP) is 1.78. The maximum Gasteiger partial charge on any atom is 0.263 e. The third-order valence-corrected chi connectivity index (χ3v) is 3.66. The summed E-state index contributed by atoms with van der Waals surface area (Å²) in [6, 6.07) is 0. The van der Waals surface area contributed by atoms with Gasteiger partial charge in [0.1, 0.15) is 4.88 Å². The molecule has 0 saturated heterocycles. The van der Waals surface area contributed by atoms with Gasteiger partial charge in [0.2, 0.25) is 0 Å². The number of amides is 1. The fourth-order valence-corrected chi connectivity index (χ4v) is 2.45. The minimum Gasteiger partial charge on any atom is -0.350 e. The van der Waals surface area contributed by atoms with Gasteiger partial charge in [-0.1, -0.05) is 20.8 Å². The number of hydrogen-bond donors (Lipinski definition) is 1. The average Bonchev–Trinajstić information content (AvgIpc) is 2.82. The van der Waals surface area contributed by atoms with Gasteiger partial charge in [-0.3, -0.25) is 4.79 Å². The van der Waals surface area contributed by atoms with Crippen molar-refractivity contribution in [3.05, 3.63) is 16.1 Å². The Labute approximate surface area is 107 Å². The van der Waals surface area contributed by atoms with E-state index in [4.69, 9.17) is 0 Å². The summed E-state index contributed by atoms with van der Waals surface area (Å²) in [4.78, 5) is 19.1. The molecular weight excluding hydrogens is 234 g/mol. The summed E-state index contributed by atoms with van der Waals surface area (Å²) in [5.41, 5.74) is 2.63. The van der Waals surface area contributed by atoms with E-state index in [-0.39, 0.29) is 5.91 Å². The SMILES string of the molecule is CCc1ncsc1C(=O)NCCN(CC)CC. The highest BCUT2D eigenvalue weighted by Crippen LogP contribution is 2.13. The Morgan fingerprint density at radius 1 is 1.41 bits per heavy atom. The van der Waals surface area contributed by atoms with E-state index in [1.54, 1.807) is 5.51 Å². The second-order valence-electron chi connectivity index (χ2n) is 3.76. The van der Waals surface area contributed by atoms with Gasteiger partial charge in [0.15, 0.2) is 0 Å². The Morgan fingerprint density at radius 3 is 2.71 bits per heavy atom. The molecule has 1 aromatic rings. The molecular formula is C12H21N3OS. The molecule has 1 amide bonds. The summed E-state index contributed by atoms with van der Waals surface area (Å²) < 4.78 is 0. The zero-order chi connectivity index (χ0) is 12.7. The molecule has 0 unspecified atom stereocenters. The van der Waals surface area contributed by atoms with Crippen LogP contribution in [-0.2, 0) is 6.42 Å². The van der Waals surface area contributed by atoms with E-state index in [9.17, 15) is 4.79 Å². The Morgan fingerprint density at radius 2 is 2.12 bits per heavy atom. The van der Waals surface area contributed by atoms with Crippen molar-refractivity contribution in [3.8, 4) is 0 Å². The number of thiazole rings is 1. The summed E-state index contributed by atoms with van der Waals surface area (Å²) >= 11 is 1.42. The van der Waals surface area contributed by atoms with E-state index in [1.165, 1.54) is 11.3 Å². The molecule has 0 bridgehead atoms. The average molecular weight is 255 g/mol. The van der Waals surface area contributed by atoms with Gasteiger partial charge in [-0.2, -0.15) is 0 Å². The second kappa shape index (κ2) is 7.40. The Bertz CT molecular complexity index is 347. The second-order valence-corrected chi connectivity index (χ2v) is 4.62. The predicted molar refractivity (Wildman–Crippen MR) is 71.6 cm³/mol. The van der Waals surface area contributed by atoms with Gasteiger partial charge in [0, 0.05) is 13.1 Å². The van der Waals surface area contributed by atoms with Crippen LogP contribution in [0.3, 0.4) is 0 Å². The van der Waals surface area contributed by atoms with Crippen LogP contribution in [0.5, 0.6) is 0 Å². The maximum absolute atomic E-state index is 11.9. The molecule has 1 aromatic heterocycles. The molecule has 1 N–H and O–H groups in total. The van der Waals surface area contributed by atoms with Gasteiger partial charge < -0.3 is 10.2 Å². The third kappa shape index (κ3) is 4.09. The zero-order valence-electron chi connectivity index (χ0n) is 10.8. The molecule has 96 valence electrons. The van der Waals surface area contributed by atoms with Gasteiger partial charge in [-0.05, 0) is 19.5 Å². The fraction of sp³-hybridized carbons (Fsp3) is 0.667. The van der Waals surface area contributed by atoms with Crippen LogP contribution in [0.15, 0.2) is 5.51 Å². The number of nitrogens with one attached hydrogen (secondary N) is 1. The highest BCUT2D eigenvalue weighted by atomic mass is 32.1. The third-order valence-electron chi connectivity index (χ3n) is 2.79. The van der Waals surface area contributed by atoms with Crippen LogP contribution in [-0.4, -0.2) is 42.0 Å². The van der Waals surface area contributed by atoms with Crippen molar-refractivity contribution in [1.29, 1.82) is 0 Å². The molecule has 0 fully saturated rings. The normalized spacial score (nSPS) is 10.8. The van der Waals surface area contributed by atoms with Crippen LogP contribution in [0.2, 0.25) is 0 Å². The minimum atomic E-state index is 0.0107. The Hall–Kier alpha value is -0.940. The molecule has 0 aliphatic carbocycles. The van der Waals surface area contributed by atoms with Crippen LogP contribution >= 0.6 is 11.3 Å². The van der Waals surface area contributed by atoms with Gasteiger partial charge >= 0.3 is 0 Å². The molecule has 0 aliphatic rings. The number of hydrogen-bond acceptors (Lipinski definition) is 4. The number of likely N-dealkylation sites (N-methyl/N-ethyl adjacent to an activating group) is 1. The van der Waals surface area contributed by atoms with Gasteiger partial charge in [-0.15, -0.1) is 11.3 Å². The lowest BCUT2D eigenvalue weighted by Gasteiger charge is -2.17. The summed E-state index contributed by atoms with van der Waals surface area (Å²) in [6.07, 6.45) is 0.808. The van der Waals surface area contributed by atoms with Crippen molar-refractivity contribution in [3.63, 3.8) is 0 Å². The van der Waals surface area contributed by atoms with Crippen molar-refractivity contribution in [2.24, 2.45) is 0 Å². The first-order chi connectivity index (χ1) is 8.22. The van der Waals surface area contributed by atoms with E-state index >= 15 is 0 Å². The largest absolute Gasteiger partial charge is 0.350 e. The van der Waals surface area contributed by atoms with Crippen molar-refractivity contribution in [1.82, 2.24) is 15.2 Å². The molecule has 4 nitrogen and oxygen atoms in total. The van der Waals surface area contributed by atoms with Gasteiger partial charge in [-0.25, -0.2) is 4.98 Å². The van der Waals surface area contributed by atoms with Crippen LogP contribution < -0.4 is 5.32 Å². The minimum absolute atomic E-state index is 0.0107. The Balaban J connectivity index is 2.40. The van der Waals surface area contributed by atoms with Crippen molar-refractivity contribution in [2.45, 2.75) is 27.2 Å². The molecule has 5 heteroatoms. The molecule has 0 radical (unpaired) electrons. The monoisotopic (exact) mass is 255 g/mol. The van der Waals surface area contributed by atoms with E-state index < -0.39 is 0 Å². The first-order valence-corrected chi connectivity index (χ1v) is 7.03.